The van der Waals surface area contributed by atoms with E-state index in [4.69, 9.17) is 9.47 Å². The van der Waals surface area contributed by atoms with Crippen LogP contribution < -0.4 is 9.64 Å². The molecule has 3 aromatic rings. The molecule has 1 aliphatic rings. The largest absolute Gasteiger partial charge is 0.465 e. The maximum atomic E-state index is 15.5. The van der Waals surface area contributed by atoms with E-state index in [-0.39, 0.29) is 34.2 Å². The molecule has 1 aromatic carbocycles. The number of benzene rings is 1. The number of aliphatic hydroxyl groups excluding tert-OH is 1. The summed E-state index contributed by atoms with van der Waals surface area (Å²) < 4.78 is 68.0. The Morgan fingerprint density at radius 3 is 2.35 bits per heavy atom. The highest BCUT2D eigenvalue weighted by Gasteiger charge is 2.38. The van der Waals surface area contributed by atoms with Crippen molar-refractivity contribution in [3.63, 3.8) is 0 Å². The quantitative estimate of drug-likeness (QED) is 0.222. The number of amides is 1. The van der Waals surface area contributed by atoms with Crippen LogP contribution in [-0.2, 0) is 15.7 Å². The Bertz CT molecular complexity index is 1460. The van der Waals surface area contributed by atoms with Gasteiger partial charge in [0.05, 0.1) is 18.4 Å². The lowest BCUT2D eigenvalue weighted by Crippen LogP contribution is -2.43. The van der Waals surface area contributed by atoms with Gasteiger partial charge in [-0.1, -0.05) is 13.0 Å². The second-order valence-corrected chi connectivity index (χ2v) is 11.0. The molecule has 1 aliphatic carbocycles. The summed E-state index contributed by atoms with van der Waals surface area (Å²) in [5.41, 5.74) is -1.66. The Balaban J connectivity index is 1.74. The first-order chi connectivity index (χ1) is 20.3. The summed E-state index contributed by atoms with van der Waals surface area (Å²) in [7, 11) is 1.09. The van der Waals surface area contributed by atoms with Gasteiger partial charge in [-0.05, 0) is 57.6 Å². The number of nitrogens with zero attached hydrogens (tertiary/aromatic N) is 3. The van der Waals surface area contributed by atoms with E-state index in [2.05, 4.69) is 16.9 Å². The van der Waals surface area contributed by atoms with Gasteiger partial charge in [-0.2, -0.15) is 13.2 Å². The molecule has 43 heavy (non-hydrogen) atoms. The Labute approximate surface area is 246 Å². The molecule has 8 nitrogen and oxygen atoms in total. The van der Waals surface area contributed by atoms with E-state index < -0.39 is 47.3 Å². The van der Waals surface area contributed by atoms with Gasteiger partial charge in [0.1, 0.15) is 11.7 Å². The summed E-state index contributed by atoms with van der Waals surface area (Å²) in [6, 6.07) is 4.97. The molecular formula is C31H33F4N3O5. The zero-order chi connectivity index (χ0) is 31.5. The molecule has 2 heterocycles. The van der Waals surface area contributed by atoms with Crippen LogP contribution >= 0.6 is 0 Å². The third-order valence-corrected chi connectivity index (χ3v) is 7.53. The molecule has 2 aromatic heterocycles. The highest BCUT2D eigenvalue weighted by atomic mass is 19.4. The van der Waals surface area contributed by atoms with Gasteiger partial charge in [-0.3, -0.25) is 9.78 Å². The minimum atomic E-state index is -4.99. The zero-order valence-corrected chi connectivity index (χ0v) is 24.2. The minimum absolute atomic E-state index is 0.0748. The van der Waals surface area contributed by atoms with Gasteiger partial charge in [0.25, 0.3) is 0 Å². The van der Waals surface area contributed by atoms with Gasteiger partial charge in [0.2, 0.25) is 11.8 Å². The lowest BCUT2D eigenvalue weighted by molar-refractivity contribution is -0.139. The van der Waals surface area contributed by atoms with Gasteiger partial charge in [0, 0.05) is 53.8 Å². The Morgan fingerprint density at radius 1 is 1.07 bits per heavy atom. The summed E-state index contributed by atoms with van der Waals surface area (Å²) in [5.74, 6) is -3.89. The van der Waals surface area contributed by atoms with E-state index in [9.17, 15) is 27.9 Å². The second-order valence-electron chi connectivity index (χ2n) is 11.0. The molecule has 12 heteroatoms. The third-order valence-electron chi connectivity index (χ3n) is 7.53. The number of halogens is 4. The highest BCUT2D eigenvalue weighted by molar-refractivity contribution is 6.04. The van der Waals surface area contributed by atoms with Gasteiger partial charge in [-0.25, -0.2) is 14.2 Å². The number of hydrogen-bond acceptors (Lipinski definition) is 7. The Hall–Kier alpha value is -4.06. The molecule has 1 amide bonds. The molecule has 0 saturated heterocycles. The fourth-order valence-electron chi connectivity index (χ4n) is 5.19. The SMILES string of the molecule is COC(=O)c1cc(Oc2ncc(C(O)c3cccnc3)cc2C(F)(F)F)c(F)cc1N(C(=O)C1CCC(C)CC1)C(C)C. The van der Waals surface area contributed by atoms with Gasteiger partial charge in [-0.15, -0.1) is 0 Å². The van der Waals surface area contributed by atoms with Crippen LogP contribution in [0.25, 0.3) is 0 Å². The van der Waals surface area contributed by atoms with Crippen LogP contribution in [0.3, 0.4) is 0 Å². The van der Waals surface area contributed by atoms with E-state index in [1.54, 1.807) is 13.8 Å². The molecule has 1 atom stereocenters. The van der Waals surface area contributed by atoms with Crippen LogP contribution in [0, 0.1) is 17.7 Å². The number of anilines is 1. The number of aromatic nitrogens is 2. The fourth-order valence-corrected chi connectivity index (χ4v) is 5.19. The number of aliphatic hydroxyl groups is 1. The average Bonchev–Trinajstić information content (AvgIpc) is 2.98. The number of rotatable bonds is 8. The number of pyridine rings is 2. The topological polar surface area (TPSA) is 102 Å². The number of hydrogen-bond donors (Lipinski definition) is 1. The van der Waals surface area contributed by atoms with Crippen molar-refractivity contribution in [1.82, 2.24) is 9.97 Å². The maximum absolute atomic E-state index is 15.5. The van der Waals surface area contributed by atoms with Crippen LogP contribution in [-0.4, -0.2) is 40.1 Å². The normalized spacial score (nSPS) is 17.8. The van der Waals surface area contributed by atoms with Gasteiger partial charge < -0.3 is 19.5 Å². The molecule has 4 rings (SSSR count). The van der Waals surface area contributed by atoms with Crippen molar-refractivity contribution in [2.24, 2.45) is 11.8 Å². The number of esters is 1. The number of methoxy groups -OCH3 is 1. The van der Waals surface area contributed by atoms with Crippen molar-refractivity contribution in [3.8, 4) is 11.6 Å². The van der Waals surface area contributed by atoms with Gasteiger partial charge >= 0.3 is 12.1 Å². The van der Waals surface area contributed by atoms with Gasteiger partial charge in [0.15, 0.2) is 11.6 Å². The summed E-state index contributed by atoms with van der Waals surface area (Å²) in [6.45, 7) is 5.54. The first-order valence-electron chi connectivity index (χ1n) is 13.9. The van der Waals surface area contributed by atoms with Crippen LogP contribution in [0.5, 0.6) is 11.6 Å². The predicted molar refractivity (Wildman–Crippen MR) is 149 cm³/mol. The maximum Gasteiger partial charge on any atom is 0.421 e. The molecule has 1 saturated carbocycles. The van der Waals surface area contributed by atoms with E-state index in [1.165, 1.54) is 29.4 Å². The minimum Gasteiger partial charge on any atom is -0.465 e. The summed E-state index contributed by atoms with van der Waals surface area (Å²) in [5, 5.41) is 10.6. The lowest BCUT2D eigenvalue weighted by Gasteiger charge is -2.34. The predicted octanol–water partition coefficient (Wildman–Crippen LogP) is 6.86. The number of alkyl halides is 3. The third kappa shape index (κ3) is 7.12. The number of ether oxygens (including phenoxy) is 2. The Morgan fingerprint density at radius 2 is 1.77 bits per heavy atom. The first kappa shape index (κ1) is 31.9. The molecule has 1 fully saturated rings. The number of carbonyl (C=O) groups is 2. The summed E-state index contributed by atoms with van der Waals surface area (Å²) in [4.78, 5) is 35.4. The smallest absolute Gasteiger partial charge is 0.421 e. The van der Waals surface area contributed by atoms with Crippen LogP contribution in [0.15, 0.2) is 48.9 Å². The van der Waals surface area contributed by atoms with Crippen LogP contribution in [0.4, 0.5) is 23.2 Å². The van der Waals surface area contributed by atoms with Crippen molar-refractivity contribution in [1.29, 1.82) is 0 Å². The molecule has 0 spiro atoms. The highest BCUT2D eigenvalue weighted by Crippen LogP contribution is 2.41. The molecule has 0 radical (unpaired) electrons. The van der Waals surface area contributed by atoms with E-state index in [0.717, 1.165) is 38.3 Å². The van der Waals surface area contributed by atoms with Crippen molar-refractivity contribution in [2.45, 2.75) is 64.8 Å². The monoisotopic (exact) mass is 603 g/mol. The van der Waals surface area contributed by atoms with E-state index in [0.29, 0.717) is 24.8 Å². The molecular weight excluding hydrogens is 570 g/mol. The van der Waals surface area contributed by atoms with Crippen LogP contribution in [0.2, 0.25) is 0 Å². The summed E-state index contributed by atoms with van der Waals surface area (Å²) in [6.07, 6.45) is 0.280. The lowest BCUT2D eigenvalue weighted by atomic mass is 9.82. The standard InChI is InChI=1S/C31H33F4N3O5/c1-17(2)38(29(40)19-9-7-18(3)8-10-19)25-14-24(32)26(13-22(25)30(41)42-4)43-28-23(31(33,34)35)12-21(16-37-28)27(39)20-6-5-11-36-15-20/h5-6,11-19,27,39H,7-10H2,1-4H3. The van der Waals surface area contributed by atoms with Crippen molar-refractivity contribution in [2.75, 3.05) is 12.0 Å². The Kier molecular flexibility index (Phi) is 9.69. The summed E-state index contributed by atoms with van der Waals surface area (Å²) >= 11 is 0. The second kappa shape index (κ2) is 13.1. The molecule has 0 aliphatic heterocycles. The molecule has 1 unspecified atom stereocenters. The number of carbonyl (C=O) groups excluding carboxylic acids is 2. The van der Waals surface area contributed by atoms with E-state index >= 15 is 4.39 Å². The first-order valence-corrected chi connectivity index (χ1v) is 13.9. The molecule has 0 bridgehead atoms. The van der Waals surface area contributed by atoms with Crippen molar-refractivity contribution < 1.29 is 41.7 Å². The van der Waals surface area contributed by atoms with Crippen molar-refractivity contribution >= 4 is 17.6 Å². The fraction of sp³-hybridized carbons (Fsp3) is 0.419. The van der Waals surface area contributed by atoms with Crippen LogP contribution in [0.1, 0.15) is 79.6 Å². The molecule has 1 N–H and O–H groups in total. The zero-order valence-electron chi connectivity index (χ0n) is 24.2. The van der Waals surface area contributed by atoms with Crippen molar-refractivity contribution in [3.05, 3.63) is 77.0 Å². The van der Waals surface area contributed by atoms with E-state index in [1.807, 2.05) is 0 Å². The average molecular weight is 604 g/mol. The molecule has 230 valence electrons.